The molecule has 9 heteroatoms. The van der Waals surface area contributed by atoms with Gasteiger partial charge in [0.2, 0.25) is 0 Å². The number of aliphatic hydroxyl groups excluding tert-OH is 1. The number of β-amino-alcohol motifs (C(OH)–C–C–N with tert-alkyl or cyclic N) is 1. The molecule has 2 aromatic carbocycles. The van der Waals surface area contributed by atoms with Crippen molar-refractivity contribution in [2.45, 2.75) is 37.7 Å². The molecule has 0 saturated carbocycles. The quantitative estimate of drug-likeness (QED) is 0.415. The van der Waals surface area contributed by atoms with Crippen molar-refractivity contribution < 1.29 is 27.1 Å². The second kappa shape index (κ2) is 10.1. The zero-order valence-electron chi connectivity index (χ0n) is 21.7. The van der Waals surface area contributed by atoms with E-state index in [4.69, 9.17) is 4.42 Å². The summed E-state index contributed by atoms with van der Waals surface area (Å²) in [5.41, 5.74) is 1.60. The van der Waals surface area contributed by atoms with E-state index in [2.05, 4.69) is 22.9 Å². The summed E-state index contributed by atoms with van der Waals surface area (Å²) in [5, 5.41) is 11.1. The van der Waals surface area contributed by atoms with Crippen molar-refractivity contribution >= 4 is 12.1 Å². The van der Waals surface area contributed by atoms with Crippen molar-refractivity contribution in [2.24, 2.45) is 11.8 Å². The molecule has 206 valence electrons. The highest BCUT2D eigenvalue weighted by Crippen LogP contribution is 2.47. The molecule has 2 saturated heterocycles. The van der Waals surface area contributed by atoms with Crippen LogP contribution in [0.15, 0.2) is 47.0 Å². The number of hydrogen-bond acceptors (Lipinski definition) is 5. The van der Waals surface area contributed by atoms with E-state index in [1.807, 2.05) is 11.0 Å². The fourth-order valence-corrected chi connectivity index (χ4v) is 6.61. The van der Waals surface area contributed by atoms with Crippen LogP contribution in [-0.2, 0) is 5.41 Å². The normalized spacial score (nSPS) is 24.5. The lowest BCUT2D eigenvalue weighted by molar-refractivity contribution is 0.0285. The van der Waals surface area contributed by atoms with Crippen molar-refractivity contribution in [2.75, 3.05) is 37.6 Å². The topological polar surface area (TPSA) is 52.7 Å². The number of halogens is 4. The molecule has 0 unspecified atom stereocenters. The third kappa shape index (κ3) is 4.87. The Morgan fingerprint density at radius 2 is 1.74 bits per heavy atom. The van der Waals surface area contributed by atoms with Crippen molar-refractivity contribution in [3.05, 3.63) is 77.0 Å². The molecule has 1 N–H and O–H groups in total. The number of likely N-dealkylation sites (tertiary alicyclic amines) is 1. The molecule has 2 fully saturated rings. The zero-order valence-corrected chi connectivity index (χ0v) is 21.7. The van der Waals surface area contributed by atoms with Gasteiger partial charge in [0.25, 0.3) is 6.01 Å². The monoisotopic (exact) mass is 541 g/mol. The molecule has 3 aliphatic rings. The van der Waals surface area contributed by atoms with Crippen LogP contribution >= 0.6 is 0 Å². The minimum atomic E-state index is -0.819. The van der Waals surface area contributed by atoms with Crippen LogP contribution in [0, 0.1) is 35.1 Å². The Hall–Kier alpha value is -3.17. The second-order valence-corrected chi connectivity index (χ2v) is 11.2. The van der Waals surface area contributed by atoms with Gasteiger partial charge in [-0.25, -0.2) is 22.5 Å². The van der Waals surface area contributed by atoms with Gasteiger partial charge in [-0.1, -0.05) is 19.1 Å². The smallest absolute Gasteiger partial charge is 0.297 e. The summed E-state index contributed by atoms with van der Waals surface area (Å²) in [6.07, 6.45) is 7.31. The van der Waals surface area contributed by atoms with E-state index in [-0.39, 0.29) is 17.3 Å². The fraction of sp³-hybridized carbons (Fsp3) is 0.433. The molecule has 0 radical (unpaired) electrons. The lowest BCUT2D eigenvalue weighted by atomic mass is 9.68. The number of rotatable bonds is 5. The van der Waals surface area contributed by atoms with Crippen molar-refractivity contribution in [1.29, 1.82) is 0 Å². The lowest BCUT2D eigenvalue weighted by Gasteiger charge is -2.45. The highest BCUT2D eigenvalue weighted by atomic mass is 19.2. The Balaban J connectivity index is 1.03. The van der Waals surface area contributed by atoms with Gasteiger partial charge in [-0.2, -0.15) is 0 Å². The molecule has 1 spiro atoms. The largest absolute Gasteiger partial charge is 0.423 e. The van der Waals surface area contributed by atoms with Crippen LogP contribution in [0.3, 0.4) is 0 Å². The number of aliphatic hydroxyl groups is 1. The summed E-state index contributed by atoms with van der Waals surface area (Å²) >= 11 is 0. The highest BCUT2D eigenvalue weighted by molar-refractivity contribution is 5.66. The third-order valence-electron chi connectivity index (χ3n) is 8.85. The predicted octanol–water partition coefficient (Wildman–Crippen LogP) is 5.78. The van der Waals surface area contributed by atoms with Crippen LogP contribution in [0.25, 0.3) is 17.4 Å². The number of allylic oxidation sites excluding steroid dienone is 1. The van der Waals surface area contributed by atoms with Gasteiger partial charge >= 0.3 is 0 Å². The summed E-state index contributed by atoms with van der Waals surface area (Å²) in [7, 11) is 0. The number of piperidine rings is 2. The van der Waals surface area contributed by atoms with E-state index < -0.39 is 29.4 Å². The molecule has 3 aromatic rings. The minimum absolute atomic E-state index is 0.128. The molecule has 0 bridgehead atoms. The summed E-state index contributed by atoms with van der Waals surface area (Å²) in [6, 6.07) is 6.27. The third-order valence-corrected chi connectivity index (χ3v) is 8.85. The average Bonchev–Trinajstić information content (AvgIpc) is 3.53. The lowest BCUT2D eigenvalue weighted by Crippen LogP contribution is -2.50. The van der Waals surface area contributed by atoms with Crippen molar-refractivity contribution in [1.82, 2.24) is 9.88 Å². The summed E-state index contributed by atoms with van der Waals surface area (Å²) in [6.45, 7) is 5.54. The Morgan fingerprint density at radius 3 is 2.46 bits per heavy atom. The number of aromatic nitrogens is 1. The Labute approximate surface area is 224 Å². The van der Waals surface area contributed by atoms with Gasteiger partial charge in [-0.3, -0.25) is 0 Å². The number of nitrogens with zero attached hydrogens (tertiary/aromatic N) is 3. The molecule has 2 aliphatic heterocycles. The fourth-order valence-electron chi connectivity index (χ4n) is 6.61. The van der Waals surface area contributed by atoms with Crippen LogP contribution in [0.5, 0.6) is 0 Å². The molecule has 6 rings (SSSR count). The Bertz CT molecular complexity index is 1380. The Kier molecular flexibility index (Phi) is 6.75. The first kappa shape index (κ1) is 26.1. The van der Waals surface area contributed by atoms with E-state index >= 15 is 0 Å². The predicted molar refractivity (Wildman–Crippen MR) is 140 cm³/mol. The van der Waals surface area contributed by atoms with Crippen molar-refractivity contribution in [3.8, 4) is 11.3 Å². The SMILES string of the molecule is C[C@H]1CN(C[C@@H](O)C2CCN(c3ncc(-c4cc(F)cc(F)c4)o3)CC2)CC[C@@]12C=Cc1cc(F)c(F)cc12. The van der Waals surface area contributed by atoms with E-state index in [9.17, 15) is 22.7 Å². The summed E-state index contributed by atoms with van der Waals surface area (Å²) < 4.78 is 60.7. The molecule has 1 aliphatic carbocycles. The molecule has 5 nitrogen and oxygen atoms in total. The van der Waals surface area contributed by atoms with Gasteiger partial charge in [0.05, 0.1) is 12.3 Å². The van der Waals surface area contributed by atoms with Crippen molar-refractivity contribution in [3.63, 3.8) is 0 Å². The molecule has 1 aromatic heterocycles. The summed E-state index contributed by atoms with van der Waals surface area (Å²) in [4.78, 5) is 8.56. The van der Waals surface area contributed by atoms with E-state index in [1.165, 1.54) is 30.5 Å². The van der Waals surface area contributed by atoms with Crippen LogP contribution < -0.4 is 4.90 Å². The second-order valence-electron chi connectivity index (χ2n) is 11.2. The highest BCUT2D eigenvalue weighted by Gasteiger charge is 2.44. The number of oxazole rings is 1. The first-order valence-corrected chi connectivity index (χ1v) is 13.5. The van der Waals surface area contributed by atoms with E-state index in [0.717, 1.165) is 49.5 Å². The molecule has 3 heterocycles. The maximum Gasteiger partial charge on any atom is 0.297 e. The molecule has 0 amide bonds. The van der Waals surface area contributed by atoms with E-state index in [1.54, 1.807) is 0 Å². The molecular weight excluding hydrogens is 510 g/mol. The van der Waals surface area contributed by atoms with Gasteiger partial charge in [0.15, 0.2) is 17.4 Å². The standard InChI is InChI=1S/C30H31F4N3O2/c1-18-16-36(9-6-30(18)5-2-20-12-25(33)26(34)14-24(20)30)17-27(38)19-3-7-37(8-4-19)29-35-15-28(39-29)21-10-22(31)13-23(32)11-21/h2,5,10-15,18-19,27,38H,3-4,6-9,16-17H2,1H3/t18-,27+,30-/m0/s1. The Morgan fingerprint density at radius 1 is 1.03 bits per heavy atom. The molecular formula is C30H31F4N3O2. The number of hydrogen-bond donors (Lipinski definition) is 1. The number of anilines is 1. The number of benzene rings is 2. The first-order valence-electron chi connectivity index (χ1n) is 13.5. The maximum absolute atomic E-state index is 14.1. The van der Waals surface area contributed by atoms with Crippen LogP contribution in [0.1, 0.15) is 37.3 Å². The maximum atomic E-state index is 14.1. The summed E-state index contributed by atoms with van der Waals surface area (Å²) in [5.74, 6) is -2.36. The van der Waals surface area contributed by atoms with Gasteiger partial charge < -0.3 is 19.3 Å². The van der Waals surface area contributed by atoms with E-state index in [0.29, 0.717) is 37.0 Å². The average molecular weight is 542 g/mol. The van der Waals surface area contributed by atoms with Gasteiger partial charge in [-0.05, 0) is 73.0 Å². The number of fused-ring (bicyclic) bond motifs is 2. The van der Waals surface area contributed by atoms with Gasteiger partial charge in [0.1, 0.15) is 11.6 Å². The van der Waals surface area contributed by atoms with Gasteiger partial charge in [-0.15, -0.1) is 0 Å². The van der Waals surface area contributed by atoms with Crippen LogP contribution in [-0.4, -0.2) is 53.8 Å². The van der Waals surface area contributed by atoms with Gasteiger partial charge in [0, 0.05) is 43.2 Å². The van der Waals surface area contributed by atoms with Crippen LogP contribution in [0.2, 0.25) is 0 Å². The molecule has 39 heavy (non-hydrogen) atoms. The van der Waals surface area contributed by atoms with Crippen LogP contribution in [0.4, 0.5) is 23.6 Å². The first-order chi connectivity index (χ1) is 18.7. The minimum Gasteiger partial charge on any atom is -0.423 e. The molecule has 3 atom stereocenters. The zero-order chi connectivity index (χ0) is 27.3.